The Morgan fingerprint density at radius 1 is 1.15 bits per heavy atom. The Hall–Kier alpha value is -1.69. The normalized spacial score (nSPS) is 21.1. The highest BCUT2D eigenvalue weighted by Crippen LogP contribution is 2.29. The number of likely N-dealkylation sites (tertiary alicyclic amines) is 1. The van der Waals surface area contributed by atoms with Gasteiger partial charge >= 0.3 is 0 Å². The second kappa shape index (κ2) is 8.55. The summed E-state index contributed by atoms with van der Waals surface area (Å²) in [6.07, 6.45) is 1.82. The molecule has 1 N–H and O–H groups in total. The van der Waals surface area contributed by atoms with Crippen LogP contribution in [0.25, 0.3) is 0 Å². The molecular formula is C21H24ClF2NO2. The molecule has 3 nitrogen and oxygen atoms in total. The summed E-state index contributed by atoms with van der Waals surface area (Å²) in [5.41, 5.74) is 0.399. The van der Waals surface area contributed by atoms with Gasteiger partial charge in [-0.2, -0.15) is 0 Å². The zero-order chi connectivity index (χ0) is 19.4. The molecule has 1 heterocycles. The SMILES string of the molecule is Cc1ccc(Cl)c(OCC2(O)CCCN(Cc3cc(F)ccc3F)CC2)c1. The Labute approximate surface area is 163 Å². The summed E-state index contributed by atoms with van der Waals surface area (Å²) < 4.78 is 33.1. The minimum absolute atomic E-state index is 0.151. The van der Waals surface area contributed by atoms with Crippen molar-refractivity contribution in [1.29, 1.82) is 0 Å². The van der Waals surface area contributed by atoms with Crippen molar-refractivity contribution in [2.45, 2.75) is 38.3 Å². The lowest BCUT2D eigenvalue weighted by Gasteiger charge is -2.27. The van der Waals surface area contributed by atoms with Crippen molar-refractivity contribution < 1.29 is 18.6 Å². The molecule has 0 aliphatic carbocycles. The third-order valence-electron chi connectivity index (χ3n) is 4.99. The van der Waals surface area contributed by atoms with E-state index in [4.69, 9.17) is 16.3 Å². The van der Waals surface area contributed by atoms with Gasteiger partial charge in [-0.15, -0.1) is 0 Å². The highest BCUT2D eigenvalue weighted by molar-refractivity contribution is 6.32. The molecule has 1 saturated heterocycles. The molecule has 1 aliphatic heterocycles. The lowest BCUT2D eigenvalue weighted by Crippen LogP contribution is -2.37. The predicted octanol–water partition coefficient (Wildman–Crippen LogP) is 4.72. The number of rotatable bonds is 5. The summed E-state index contributed by atoms with van der Waals surface area (Å²) in [5.74, 6) is -0.289. The molecule has 3 rings (SSSR count). The van der Waals surface area contributed by atoms with Gasteiger partial charge in [0, 0.05) is 18.7 Å². The Morgan fingerprint density at radius 2 is 1.96 bits per heavy atom. The van der Waals surface area contributed by atoms with Gasteiger partial charge in [0.2, 0.25) is 0 Å². The van der Waals surface area contributed by atoms with Crippen LogP contribution in [0.1, 0.15) is 30.4 Å². The smallest absolute Gasteiger partial charge is 0.138 e. The van der Waals surface area contributed by atoms with Gasteiger partial charge in [-0.25, -0.2) is 8.78 Å². The number of nitrogens with zero attached hydrogens (tertiary/aromatic N) is 1. The summed E-state index contributed by atoms with van der Waals surface area (Å²) >= 11 is 6.15. The molecule has 1 unspecified atom stereocenters. The molecule has 0 bridgehead atoms. The van der Waals surface area contributed by atoms with Gasteiger partial charge in [-0.05, 0) is 68.6 Å². The fourth-order valence-corrected chi connectivity index (χ4v) is 3.55. The van der Waals surface area contributed by atoms with Crippen LogP contribution >= 0.6 is 11.6 Å². The highest BCUT2D eigenvalue weighted by Gasteiger charge is 2.31. The molecule has 1 fully saturated rings. The van der Waals surface area contributed by atoms with Crippen LogP contribution in [0.5, 0.6) is 5.75 Å². The van der Waals surface area contributed by atoms with Gasteiger partial charge in [0.1, 0.15) is 24.0 Å². The summed E-state index contributed by atoms with van der Waals surface area (Å²) in [6, 6.07) is 9.03. The number of ether oxygens (including phenoxy) is 1. The number of hydrogen-bond acceptors (Lipinski definition) is 3. The van der Waals surface area contributed by atoms with Crippen molar-refractivity contribution in [3.05, 3.63) is 64.2 Å². The lowest BCUT2D eigenvalue weighted by molar-refractivity contribution is -0.0168. The minimum atomic E-state index is -0.970. The maximum Gasteiger partial charge on any atom is 0.138 e. The predicted molar refractivity (Wildman–Crippen MR) is 102 cm³/mol. The molecule has 1 atom stereocenters. The molecule has 6 heteroatoms. The molecule has 27 heavy (non-hydrogen) atoms. The first-order chi connectivity index (χ1) is 12.8. The van der Waals surface area contributed by atoms with Crippen molar-refractivity contribution >= 4 is 11.6 Å². The number of aliphatic hydroxyl groups is 1. The molecule has 0 saturated carbocycles. The van der Waals surface area contributed by atoms with E-state index in [2.05, 4.69) is 0 Å². The van der Waals surface area contributed by atoms with E-state index >= 15 is 0 Å². The Balaban J connectivity index is 1.59. The average molecular weight is 396 g/mol. The molecule has 146 valence electrons. The zero-order valence-electron chi connectivity index (χ0n) is 15.4. The van der Waals surface area contributed by atoms with Crippen LogP contribution in [0.3, 0.4) is 0 Å². The summed E-state index contributed by atoms with van der Waals surface area (Å²) in [6.45, 7) is 3.72. The van der Waals surface area contributed by atoms with Gasteiger partial charge in [-0.3, -0.25) is 4.90 Å². The molecule has 2 aromatic carbocycles. The third kappa shape index (κ3) is 5.41. The van der Waals surface area contributed by atoms with Gasteiger partial charge < -0.3 is 9.84 Å². The summed E-state index contributed by atoms with van der Waals surface area (Å²) in [5, 5.41) is 11.4. The van der Waals surface area contributed by atoms with Gasteiger partial charge in [0.15, 0.2) is 0 Å². The molecule has 0 aromatic heterocycles. The number of halogens is 3. The van der Waals surface area contributed by atoms with Crippen molar-refractivity contribution in [2.24, 2.45) is 0 Å². The van der Waals surface area contributed by atoms with Crippen LogP contribution in [0.4, 0.5) is 8.78 Å². The van der Waals surface area contributed by atoms with E-state index in [-0.39, 0.29) is 6.61 Å². The first-order valence-electron chi connectivity index (χ1n) is 9.12. The summed E-state index contributed by atoms with van der Waals surface area (Å²) in [4.78, 5) is 2.04. The Kier molecular flexibility index (Phi) is 6.35. The highest BCUT2D eigenvalue weighted by atomic mass is 35.5. The molecular weight excluding hydrogens is 372 g/mol. The fraction of sp³-hybridized carbons (Fsp3) is 0.429. The molecule has 2 aromatic rings. The largest absolute Gasteiger partial charge is 0.489 e. The van der Waals surface area contributed by atoms with Crippen molar-refractivity contribution in [3.63, 3.8) is 0 Å². The summed E-state index contributed by atoms with van der Waals surface area (Å²) in [7, 11) is 0. The van der Waals surface area contributed by atoms with Gasteiger partial charge in [0.25, 0.3) is 0 Å². The van der Waals surface area contributed by atoms with Gasteiger partial charge in [-0.1, -0.05) is 17.7 Å². The maximum absolute atomic E-state index is 13.9. The van der Waals surface area contributed by atoms with Crippen molar-refractivity contribution in [2.75, 3.05) is 19.7 Å². The Bertz CT molecular complexity index is 802. The fourth-order valence-electron chi connectivity index (χ4n) is 3.38. The zero-order valence-corrected chi connectivity index (χ0v) is 16.1. The lowest BCUT2D eigenvalue weighted by atomic mass is 9.96. The molecule has 0 spiro atoms. The van der Waals surface area contributed by atoms with Crippen LogP contribution in [-0.2, 0) is 6.54 Å². The van der Waals surface area contributed by atoms with E-state index in [1.165, 1.54) is 6.07 Å². The van der Waals surface area contributed by atoms with E-state index in [1.54, 1.807) is 6.07 Å². The molecule has 0 radical (unpaired) electrons. The second-order valence-electron chi connectivity index (χ2n) is 7.31. The van der Waals surface area contributed by atoms with E-state index in [0.717, 1.165) is 24.1 Å². The van der Waals surface area contributed by atoms with Crippen LogP contribution in [0, 0.1) is 18.6 Å². The number of benzene rings is 2. The second-order valence-corrected chi connectivity index (χ2v) is 7.72. The standard InChI is InChI=1S/C21H24ClF2NO2/c1-15-3-5-18(22)20(11-15)27-14-21(26)7-2-9-25(10-8-21)13-16-12-17(23)4-6-19(16)24/h3-6,11-12,26H,2,7-10,13-14H2,1H3. The topological polar surface area (TPSA) is 32.7 Å². The van der Waals surface area contributed by atoms with Gasteiger partial charge in [0.05, 0.1) is 10.6 Å². The number of aryl methyl sites for hydroxylation is 1. The van der Waals surface area contributed by atoms with Crippen LogP contribution < -0.4 is 4.74 Å². The third-order valence-corrected chi connectivity index (χ3v) is 5.31. The minimum Gasteiger partial charge on any atom is -0.489 e. The molecule has 0 amide bonds. The first kappa shape index (κ1) is 20.1. The van der Waals surface area contributed by atoms with Crippen LogP contribution in [0.15, 0.2) is 36.4 Å². The van der Waals surface area contributed by atoms with E-state index in [1.807, 2.05) is 24.0 Å². The van der Waals surface area contributed by atoms with E-state index in [0.29, 0.717) is 48.8 Å². The maximum atomic E-state index is 13.9. The van der Waals surface area contributed by atoms with Crippen molar-refractivity contribution in [3.8, 4) is 5.75 Å². The first-order valence-corrected chi connectivity index (χ1v) is 9.50. The van der Waals surface area contributed by atoms with E-state index < -0.39 is 17.2 Å². The quantitative estimate of drug-likeness (QED) is 0.794. The number of hydrogen-bond donors (Lipinski definition) is 1. The van der Waals surface area contributed by atoms with Crippen LogP contribution in [0.2, 0.25) is 5.02 Å². The monoisotopic (exact) mass is 395 g/mol. The van der Waals surface area contributed by atoms with Crippen LogP contribution in [-0.4, -0.2) is 35.3 Å². The Morgan fingerprint density at radius 3 is 2.78 bits per heavy atom. The van der Waals surface area contributed by atoms with Crippen molar-refractivity contribution in [1.82, 2.24) is 4.90 Å². The average Bonchev–Trinajstić information content (AvgIpc) is 2.81. The van der Waals surface area contributed by atoms with E-state index in [9.17, 15) is 13.9 Å². The molecule has 1 aliphatic rings.